The molecule has 0 aliphatic carbocycles. The number of aromatic nitrogens is 2. The molecule has 0 fully saturated rings. The maximum atomic E-state index is 13.8. The number of halogens is 5. The first kappa shape index (κ1) is 25.0. The molecule has 4 aromatic rings. The molecule has 1 amide bonds. The van der Waals surface area contributed by atoms with E-state index in [2.05, 4.69) is 10.4 Å². The Bertz CT molecular complexity index is 1430. The van der Waals surface area contributed by atoms with E-state index in [0.717, 1.165) is 11.1 Å². The molecule has 2 aromatic heterocycles. The van der Waals surface area contributed by atoms with Crippen LogP contribution in [-0.2, 0) is 13.2 Å². The third kappa shape index (κ3) is 4.81. The Morgan fingerprint density at radius 2 is 1.64 bits per heavy atom. The van der Waals surface area contributed by atoms with Crippen LogP contribution in [0.4, 0.5) is 27.6 Å². The van der Waals surface area contributed by atoms with Crippen LogP contribution in [0, 0.1) is 49.9 Å². The summed E-state index contributed by atoms with van der Waals surface area (Å²) in [6, 6.07) is 10.5. The molecular formula is C25H20F5N3O3. The highest BCUT2D eigenvalue weighted by Crippen LogP contribution is 2.30. The number of hydrogen-bond acceptors (Lipinski definition) is 4. The zero-order valence-corrected chi connectivity index (χ0v) is 19.4. The lowest BCUT2D eigenvalue weighted by atomic mass is 10.1. The molecule has 0 saturated carbocycles. The molecular weight excluding hydrogens is 485 g/mol. The molecule has 0 atom stereocenters. The normalized spacial score (nSPS) is 11.1. The molecule has 0 saturated heterocycles. The molecule has 0 aliphatic rings. The number of nitrogens with one attached hydrogen (secondary N) is 1. The Balaban J connectivity index is 1.46. The number of carbonyl (C=O) groups excluding carboxylic acids is 1. The highest BCUT2D eigenvalue weighted by molar-refractivity contribution is 6.02. The van der Waals surface area contributed by atoms with E-state index in [1.807, 2.05) is 31.2 Å². The molecule has 6 nitrogen and oxygen atoms in total. The number of rotatable bonds is 7. The molecule has 4 rings (SSSR count). The van der Waals surface area contributed by atoms with Gasteiger partial charge in [0, 0.05) is 0 Å². The molecule has 0 unspecified atom stereocenters. The minimum Gasteiger partial charge on any atom is -0.479 e. The van der Waals surface area contributed by atoms with Crippen LogP contribution in [0.5, 0.6) is 5.75 Å². The minimum atomic E-state index is -2.29. The van der Waals surface area contributed by atoms with Gasteiger partial charge in [-0.1, -0.05) is 29.8 Å². The van der Waals surface area contributed by atoms with Crippen molar-refractivity contribution < 1.29 is 35.9 Å². The molecule has 2 heterocycles. The van der Waals surface area contributed by atoms with Crippen molar-refractivity contribution in [2.45, 2.75) is 33.9 Å². The van der Waals surface area contributed by atoms with Gasteiger partial charge in [-0.15, -0.1) is 0 Å². The highest BCUT2D eigenvalue weighted by atomic mass is 19.2. The van der Waals surface area contributed by atoms with E-state index < -0.39 is 47.3 Å². The second kappa shape index (κ2) is 9.84. The second-order valence-electron chi connectivity index (χ2n) is 8.10. The van der Waals surface area contributed by atoms with Gasteiger partial charge in [0.05, 0.1) is 23.6 Å². The van der Waals surface area contributed by atoms with Crippen molar-refractivity contribution in [2.24, 2.45) is 0 Å². The largest absolute Gasteiger partial charge is 0.479 e. The summed E-state index contributed by atoms with van der Waals surface area (Å²) in [5.74, 6) is -13.1. The van der Waals surface area contributed by atoms with Crippen molar-refractivity contribution in [3.05, 3.63) is 99.5 Å². The molecule has 188 valence electrons. The van der Waals surface area contributed by atoms with Crippen LogP contribution in [0.15, 0.2) is 40.8 Å². The van der Waals surface area contributed by atoms with Crippen molar-refractivity contribution >= 4 is 11.6 Å². The molecule has 0 radical (unpaired) electrons. The Morgan fingerprint density at radius 3 is 2.31 bits per heavy atom. The van der Waals surface area contributed by atoms with Crippen LogP contribution in [0.25, 0.3) is 0 Å². The summed E-state index contributed by atoms with van der Waals surface area (Å²) < 4.78 is 79.2. The fourth-order valence-electron chi connectivity index (χ4n) is 3.62. The van der Waals surface area contributed by atoms with Gasteiger partial charge in [0.1, 0.15) is 12.4 Å². The van der Waals surface area contributed by atoms with E-state index in [9.17, 15) is 26.7 Å². The van der Waals surface area contributed by atoms with E-state index in [4.69, 9.17) is 9.15 Å². The number of anilines is 1. The topological polar surface area (TPSA) is 69.3 Å². The molecule has 1 N–H and O–H groups in total. The van der Waals surface area contributed by atoms with Gasteiger partial charge in [-0.3, -0.25) is 9.48 Å². The highest BCUT2D eigenvalue weighted by Gasteiger charge is 2.27. The van der Waals surface area contributed by atoms with Crippen LogP contribution in [0.2, 0.25) is 0 Å². The Kier molecular flexibility index (Phi) is 6.82. The van der Waals surface area contributed by atoms with Gasteiger partial charge in [0.25, 0.3) is 5.91 Å². The van der Waals surface area contributed by atoms with Crippen molar-refractivity contribution in [1.29, 1.82) is 0 Å². The predicted octanol–water partition coefficient (Wildman–Crippen LogP) is 5.98. The monoisotopic (exact) mass is 505 g/mol. The van der Waals surface area contributed by atoms with Crippen LogP contribution in [0.1, 0.15) is 38.8 Å². The van der Waals surface area contributed by atoms with Gasteiger partial charge >= 0.3 is 0 Å². The number of carbonyl (C=O) groups is 1. The van der Waals surface area contributed by atoms with Crippen LogP contribution in [-0.4, -0.2) is 15.7 Å². The smallest absolute Gasteiger partial charge is 0.291 e. The third-order valence-electron chi connectivity index (χ3n) is 5.45. The summed E-state index contributed by atoms with van der Waals surface area (Å²) in [5.41, 5.74) is 3.94. The lowest BCUT2D eigenvalue weighted by molar-refractivity contribution is 0.0992. The quantitative estimate of drug-likeness (QED) is 0.191. The minimum absolute atomic E-state index is 0.0762. The predicted molar refractivity (Wildman–Crippen MR) is 119 cm³/mol. The van der Waals surface area contributed by atoms with Crippen molar-refractivity contribution in [2.75, 3.05) is 5.32 Å². The molecule has 2 aromatic carbocycles. The molecule has 0 bridgehead atoms. The van der Waals surface area contributed by atoms with Crippen LogP contribution >= 0.6 is 0 Å². The number of nitrogens with zero attached hydrogens (tertiary/aromatic N) is 2. The van der Waals surface area contributed by atoms with Gasteiger partial charge in [0.2, 0.25) is 29.1 Å². The van der Waals surface area contributed by atoms with E-state index >= 15 is 0 Å². The standard InChI is InChI=1S/C25H20F5N3O3/c1-12-5-4-6-15(9-12)10-33-14(3)23(13(2)32-33)31-25(34)17-8-7-16(36-17)11-35-24-21(29)19(27)18(26)20(28)22(24)30/h4-9H,10-11H2,1-3H3,(H,31,34). The number of furan rings is 1. The second-order valence-corrected chi connectivity index (χ2v) is 8.10. The summed E-state index contributed by atoms with van der Waals surface area (Å²) in [7, 11) is 0. The summed E-state index contributed by atoms with van der Waals surface area (Å²) >= 11 is 0. The number of aryl methyl sites for hydroxylation is 2. The van der Waals surface area contributed by atoms with Gasteiger partial charge < -0.3 is 14.5 Å². The zero-order valence-electron chi connectivity index (χ0n) is 19.4. The zero-order chi connectivity index (χ0) is 26.1. The summed E-state index contributed by atoms with van der Waals surface area (Å²) in [5, 5.41) is 7.20. The van der Waals surface area contributed by atoms with Crippen molar-refractivity contribution in [3.63, 3.8) is 0 Å². The maximum absolute atomic E-state index is 13.8. The number of amides is 1. The van der Waals surface area contributed by atoms with E-state index in [1.54, 1.807) is 18.5 Å². The lowest BCUT2D eigenvalue weighted by Gasteiger charge is -2.09. The average Bonchev–Trinajstić information content (AvgIpc) is 3.42. The Hall–Kier alpha value is -4.15. The van der Waals surface area contributed by atoms with E-state index in [1.165, 1.54) is 12.1 Å². The van der Waals surface area contributed by atoms with Gasteiger partial charge in [-0.25, -0.2) is 13.2 Å². The average molecular weight is 505 g/mol. The third-order valence-corrected chi connectivity index (χ3v) is 5.45. The summed E-state index contributed by atoms with van der Waals surface area (Å²) in [4.78, 5) is 12.7. The maximum Gasteiger partial charge on any atom is 0.291 e. The number of hydrogen-bond donors (Lipinski definition) is 1. The summed E-state index contributed by atoms with van der Waals surface area (Å²) in [6.07, 6.45) is 0. The molecule has 11 heteroatoms. The van der Waals surface area contributed by atoms with E-state index in [0.29, 0.717) is 23.6 Å². The van der Waals surface area contributed by atoms with Crippen molar-refractivity contribution in [1.82, 2.24) is 9.78 Å². The lowest BCUT2D eigenvalue weighted by Crippen LogP contribution is -2.12. The first-order chi connectivity index (χ1) is 17.1. The SMILES string of the molecule is Cc1cccc(Cn2nc(C)c(NC(=O)c3ccc(COc4c(F)c(F)c(F)c(F)c4F)o3)c2C)c1. The fourth-order valence-corrected chi connectivity index (χ4v) is 3.62. The summed E-state index contributed by atoms with van der Waals surface area (Å²) in [6.45, 7) is 5.35. The molecule has 0 spiro atoms. The first-order valence-corrected chi connectivity index (χ1v) is 10.7. The number of ether oxygens (including phenoxy) is 1. The Labute approximate surface area is 202 Å². The van der Waals surface area contributed by atoms with Gasteiger partial charge in [-0.05, 0) is 38.5 Å². The first-order valence-electron chi connectivity index (χ1n) is 10.7. The van der Waals surface area contributed by atoms with E-state index in [-0.39, 0.29) is 11.5 Å². The van der Waals surface area contributed by atoms with Crippen molar-refractivity contribution in [3.8, 4) is 5.75 Å². The molecule has 0 aliphatic heterocycles. The Morgan fingerprint density at radius 1 is 0.972 bits per heavy atom. The van der Waals surface area contributed by atoms with Gasteiger partial charge in [0.15, 0.2) is 11.5 Å². The number of benzene rings is 2. The van der Waals surface area contributed by atoms with Gasteiger partial charge in [-0.2, -0.15) is 13.9 Å². The molecule has 36 heavy (non-hydrogen) atoms. The van der Waals surface area contributed by atoms with Crippen LogP contribution in [0.3, 0.4) is 0 Å². The fraction of sp³-hybridized carbons (Fsp3) is 0.200. The van der Waals surface area contributed by atoms with Crippen LogP contribution < -0.4 is 10.1 Å².